The van der Waals surface area contributed by atoms with E-state index in [1.165, 1.54) is 6.42 Å². The van der Waals surface area contributed by atoms with E-state index in [1.54, 1.807) is 0 Å². The fourth-order valence-electron chi connectivity index (χ4n) is 0.895. The van der Waals surface area contributed by atoms with Crippen LogP contribution in [0.5, 0.6) is 0 Å². The first kappa shape index (κ1) is 11.3. The van der Waals surface area contributed by atoms with Crippen molar-refractivity contribution >= 4 is 11.8 Å². The molecule has 68 valence electrons. The first-order valence-corrected chi connectivity index (χ1v) is 5.47. The number of hydrogen-bond donors (Lipinski definition) is 1. The lowest BCUT2D eigenvalue weighted by atomic mass is 10.2. The minimum absolute atomic E-state index is 0.369. The summed E-state index contributed by atoms with van der Waals surface area (Å²) in [7, 11) is 0. The molecule has 0 aromatic carbocycles. The van der Waals surface area contributed by atoms with E-state index in [4.69, 9.17) is 5.73 Å². The summed E-state index contributed by atoms with van der Waals surface area (Å²) in [4.78, 5) is 0. The second-order valence-electron chi connectivity index (χ2n) is 3.13. The van der Waals surface area contributed by atoms with Crippen molar-refractivity contribution in [1.29, 1.82) is 0 Å². The van der Waals surface area contributed by atoms with Gasteiger partial charge in [-0.3, -0.25) is 0 Å². The molecule has 0 fully saturated rings. The summed E-state index contributed by atoms with van der Waals surface area (Å²) < 4.78 is 0. The lowest BCUT2D eigenvalue weighted by Gasteiger charge is -2.20. The number of hydrogen-bond acceptors (Lipinski definition) is 2. The van der Waals surface area contributed by atoms with E-state index in [0.29, 0.717) is 11.3 Å². The number of rotatable bonds is 5. The van der Waals surface area contributed by atoms with Crippen LogP contribution < -0.4 is 5.73 Å². The topological polar surface area (TPSA) is 26.0 Å². The Morgan fingerprint density at radius 3 is 2.09 bits per heavy atom. The van der Waals surface area contributed by atoms with Gasteiger partial charge in [-0.25, -0.2) is 0 Å². The van der Waals surface area contributed by atoms with Crippen LogP contribution in [-0.2, 0) is 0 Å². The van der Waals surface area contributed by atoms with Crippen molar-refractivity contribution < 1.29 is 0 Å². The van der Waals surface area contributed by atoms with Crippen LogP contribution in [0.15, 0.2) is 0 Å². The van der Waals surface area contributed by atoms with Gasteiger partial charge in [0.15, 0.2) is 0 Å². The molecule has 0 amide bonds. The zero-order valence-electron chi connectivity index (χ0n) is 8.13. The molecule has 11 heavy (non-hydrogen) atoms. The van der Waals surface area contributed by atoms with Gasteiger partial charge in [0.05, 0.1) is 0 Å². The maximum Gasteiger partial charge on any atom is 0.0173 e. The molecule has 0 aliphatic heterocycles. The first-order valence-electron chi connectivity index (χ1n) is 4.52. The lowest BCUT2D eigenvalue weighted by Crippen LogP contribution is -2.30. The Morgan fingerprint density at radius 2 is 1.73 bits per heavy atom. The quantitative estimate of drug-likeness (QED) is 0.695. The van der Waals surface area contributed by atoms with Crippen molar-refractivity contribution in [2.24, 2.45) is 5.73 Å². The third-order valence-corrected chi connectivity index (χ3v) is 3.67. The predicted octanol–water partition coefficient (Wildman–Crippen LogP) is 2.64. The molecular formula is C9H21NS. The van der Waals surface area contributed by atoms with Gasteiger partial charge >= 0.3 is 0 Å². The number of nitrogens with two attached hydrogens (primary N) is 1. The molecule has 0 bridgehead atoms. The van der Waals surface area contributed by atoms with Gasteiger partial charge in [0, 0.05) is 16.5 Å². The zero-order chi connectivity index (χ0) is 8.85. The average molecular weight is 175 g/mol. The molecule has 2 heteroatoms. The molecular weight excluding hydrogens is 154 g/mol. The van der Waals surface area contributed by atoms with Gasteiger partial charge in [-0.1, -0.05) is 27.7 Å². The van der Waals surface area contributed by atoms with Crippen LogP contribution in [0.4, 0.5) is 0 Å². The highest BCUT2D eigenvalue weighted by atomic mass is 32.2. The van der Waals surface area contributed by atoms with Crippen molar-refractivity contribution in [2.75, 3.05) is 0 Å². The Morgan fingerprint density at radius 1 is 1.18 bits per heavy atom. The van der Waals surface area contributed by atoms with Gasteiger partial charge < -0.3 is 5.73 Å². The highest BCUT2D eigenvalue weighted by molar-refractivity contribution is 8.00. The Kier molecular flexibility index (Phi) is 6.06. The lowest BCUT2D eigenvalue weighted by molar-refractivity contribution is 0.639. The fourth-order valence-corrected chi connectivity index (χ4v) is 2.22. The van der Waals surface area contributed by atoms with Gasteiger partial charge in [0.2, 0.25) is 0 Å². The highest BCUT2D eigenvalue weighted by Gasteiger charge is 2.13. The second kappa shape index (κ2) is 5.90. The maximum atomic E-state index is 5.90. The van der Waals surface area contributed by atoms with E-state index in [0.717, 1.165) is 11.7 Å². The first-order chi connectivity index (χ1) is 5.11. The van der Waals surface area contributed by atoms with E-state index in [2.05, 4.69) is 27.7 Å². The molecule has 0 saturated heterocycles. The van der Waals surface area contributed by atoms with Crippen molar-refractivity contribution in [3.05, 3.63) is 0 Å². The van der Waals surface area contributed by atoms with Crippen LogP contribution in [0.1, 0.15) is 40.5 Å². The largest absolute Gasteiger partial charge is 0.327 e. The summed E-state index contributed by atoms with van der Waals surface area (Å²) in [6.45, 7) is 8.87. The van der Waals surface area contributed by atoms with Crippen molar-refractivity contribution in [3.63, 3.8) is 0 Å². The molecule has 0 aliphatic carbocycles. The van der Waals surface area contributed by atoms with Crippen LogP contribution in [0, 0.1) is 0 Å². The van der Waals surface area contributed by atoms with Crippen LogP contribution >= 0.6 is 11.8 Å². The summed E-state index contributed by atoms with van der Waals surface area (Å²) in [5.41, 5.74) is 5.90. The highest BCUT2D eigenvalue weighted by Crippen LogP contribution is 2.22. The fraction of sp³-hybridized carbons (Fsp3) is 1.00. The molecule has 1 nitrogen and oxygen atoms in total. The third kappa shape index (κ3) is 4.70. The standard InChI is InChI=1S/C9H21NS/c1-5-7(3)11-8(4)9(10)6-2/h7-9H,5-6,10H2,1-4H3. The van der Waals surface area contributed by atoms with E-state index >= 15 is 0 Å². The van der Waals surface area contributed by atoms with E-state index in [1.807, 2.05) is 11.8 Å². The van der Waals surface area contributed by atoms with E-state index < -0.39 is 0 Å². The Balaban J connectivity index is 3.58. The Hall–Kier alpha value is 0.310. The Labute approximate surface area is 75.1 Å². The molecule has 0 radical (unpaired) electrons. The maximum absolute atomic E-state index is 5.90. The number of thioether (sulfide) groups is 1. The summed E-state index contributed by atoms with van der Waals surface area (Å²) >= 11 is 2.01. The second-order valence-corrected chi connectivity index (χ2v) is 4.95. The summed E-state index contributed by atoms with van der Waals surface area (Å²) in [6, 6.07) is 0.369. The molecule has 0 aliphatic rings. The third-order valence-electron chi connectivity index (χ3n) is 2.10. The SMILES string of the molecule is CCC(C)SC(C)C(N)CC. The van der Waals surface area contributed by atoms with Crippen molar-refractivity contribution in [1.82, 2.24) is 0 Å². The average Bonchev–Trinajstić information content (AvgIpc) is 2.02. The Bertz CT molecular complexity index is 95.6. The molecule has 0 aromatic rings. The van der Waals surface area contributed by atoms with E-state index in [-0.39, 0.29) is 0 Å². The summed E-state index contributed by atoms with van der Waals surface area (Å²) in [5, 5.41) is 1.36. The van der Waals surface area contributed by atoms with Crippen LogP contribution in [0.25, 0.3) is 0 Å². The van der Waals surface area contributed by atoms with Gasteiger partial charge in [-0.05, 0) is 12.8 Å². The van der Waals surface area contributed by atoms with Crippen molar-refractivity contribution in [2.45, 2.75) is 57.1 Å². The normalized spacial score (nSPS) is 19.4. The summed E-state index contributed by atoms with van der Waals surface area (Å²) in [5.74, 6) is 0. The van der Waals surface area contributed by atoms with Gasteiger partial charge in [0.1, 0.15) is 0 Å². The molecule has 0 spiro atoms. The van der Waals surface area contributed by atoms with Crippen molar-refractivity contribution in [3.8, 4) is 0 Å². The van der Waals surface area contributed by atoms with E-state index in [9.17, 15) is 0 Å². The zero-order valence-corrected chi connectivity index (χ0v) is 8.95. The molecule has 0 saturated carbocycles. The summed E-state index contributed by atoms with van der Waals surface area (Å²) in [6.07, 6.45) is 2.33. The molecule has 0 rings (SSSR count). The predicted molar refractivity (Wildman–Crippen MR) is 55.1 cm³/mol. The molecule has 3 atom stereocenters. The smallest absolute Gasteiger partial charge is 0.0173 e. The molecule has 0 aromatic heterocycles. The molecule has 3 unspecified atom stereocenters. The van der Waals surface area contributed by atoms with Gasteiger partial charge in [-0.15, -0.1) is 0 Å². The molecule has 0 heterocycles. The van der Waals surface area contributed by atoms with Gasteiger partial charge in [-0.2, -0.15) is 11.8 Å². The van der Waals surface area contributed by atoms with Crippen LogP contribution in [0.2, 0.25) is 0 Å². The van der Waals surface area contributed by atoms with Gasteiger partial charge in [0.25, 0.3) is 0 Å². The minimum Gasteiger partial charge on any atom is -0.327 e. The minimum atomic E-state index is 0.369. The van der Waals surface area contributed by atoms with Crippen LogP contribution in [-0.4, -0.2) is 16.5 Å². The molecule has 2 N–H and O–H groups in total. The monoisotopic (exact) mass is 175 g/mol. The van der Waals surface area contributed by atoms with Crippen LogP contribution in [0.3, 0.4) is 0 Å².